The molecular formula is C14H23IN2O2. The van der Waals surface area contributed by atoms with Crippen molar-refractivity contribution < 1.29 is 33.5 Å². The first-order valence-corrected chi connectivity index (χ1v) is 6.09. The van der Waals surface area contributed by atoms with E-state index in [1.165, 1.54) is 10.5 Å². The van der Waals surface area contributed by atoms with Gasteiger partial charge < -0.3 is 33.6 Å². The normalized spacial score (nSPS) is 10.6. The van der Waals surface area contributed by atoms with Gasteiger partial charge in [-0.15, -0.1) is 0 Å². The van der Waals surface area contributed by atoms with E-state index in [1.807, 2.05) is 12.1 Å². The maximum atomic E-state index is 11.6. The first-order chi connectivity index (χ1) is 8.25. The van der Waals surface area contributed by atoms with Gasteiger partial charge in [0, 0.05) is 20.2 Å². The molecule has 1 aromatic carbocycles. The zero-order valence-corrected chi connectivity index (χ0v) is 14.7. The molecule has 0 aromatic heterocycles. The predicted octanol–water partition coefficient (Wildman–Crippen LogP) is -0.490. The molecule has 0 heterocycles. The molecule has 108 valence electrons. The van der Waals surface area contributed by atoms with Crippen LogP contribution in [0.3, 0.4) is 0 Å². The van der Waals surface area contributed by atoms with Crippen LogP contribution < -0.4 is 33.2 Å². The highest BCUT2D eigenvalue weighted by Crippen LogP contribution is 2.31. The van der Waals surface area contributed by atoms with Crippen LogP contribution in [-0.4, -0.2) is 46.2 Å². The molecule has 0 unspecified atom stereocenters. The van der Waals surface area contributed by atoms with Crippen LogP contribution in [-0.2, 0) is 6.42 Å². The molecule has 0 aliphatic carbocycles. The molecule has 0 bridgehead atoms. The molecular weight excluding hydrogens is 355 g/mol. The van der Waals surface area contributed by atoms with Gasteiger partial charge in [0.1, 0.15) is 0 Å². The number of aryl methyl sites for hydroxylation is 1. The Morgan fingerprint density at radius 3 is 2.26 bits per heavy atom. The van der Waals surface area contributed by atoms with E-state index in [9.17, 15) is 4.79 Å². The number of ether oxygens (including phenoxy) is 1. The van der Waals surface area contributed by atoms with E-state index in [0.29, 0.717) is 10.2 Å². The number of halogens is 1. The van der Waals surface area contributed by atoms with Crippen molar-refractivity contribution in [3.63, 3.8) is 0 Å². The van der Waals surface area contributed by atoms with E-state index >= 15 is 0 Å². The van der Waals surface area contributed by atoms with Gasteiger partial charge in [0.25, 0.3) is 0 Å². The van der Waals surface area contributed by atoms with Gasteiger partial charge in [-0.2, -0.15) is 0 Å². The van der Waals surface area contributed by atoms with Gasteiger partial charge in [-0.3, -0.25) is 4.48 Å². The van der Waals surface area contributed by atoms with E-state index in [0.717, 1.165) is 12.1 Å². The maximum absolute atomic E-state index is 11.6. The highest BCUT2D eigenvalue weighted by Gasteiger charge is 2.21. The number of carbonyl (C=O) groups excluding carboxylic acids is 1. The molecule has 1 aromatic rings. The van der Waals surface area contributed by atoms with Crippen LogP contribution >= 0.6 is 0 Å². The summed E-state index contributed by atoms with van der Waals surface area (Å²) >= 11 is 0. The fourth-order valence-electron chi connectivity index (χ4n) is 1.58. The number of hydrogen-bond donors (Lipinski definition) is 0. The van der Waals surface area contributed by atoms with Gasteiger partial charge in [0.15, 0.2) is 11.4 Å². The SMILES string of the molecule is CCc1ccc(OC(=O)N(C)C)c([N+](C)(C)C)c1.[I-]. The molecule has 0 saturated heterocycles. The second kappa shape index (κ2) is 7.09. The van der Waals surface area contributed by atoms with Gasteiger partial charge in [0.2, 0.25) is 0 Å². The molecule has 19 heavy (non-hydrogen) atoms. The van der Waals surface area contributed by atoms with Crippen molar-refractivity contribution in [3.05, 3.63) is 23.8 Å². The number of carbonyl (C=O) groups is 1. The van der Waals surface area contributed by atoms with Crippen molar-refractivity contribution in [1.29, 1.82) is 0 Å². The van der Waals surface area contributed by atoms with E-state index in [1.54, 1.807) is 14.1 Å². The summed E-state index contributed by atoms with van der Waals surface area (Å²) in [7, 11) is 9.52. The Balaban J connectivity index is 0.00000324. The summed E-state index contributed by atoms with van der Waals surface area (Å²) in [6.07, 6.45) is 0.614. The smallest absolute Gasteiger partial charge is 0.414 e. The number of nitrogens with zero attached hydrogens (tertiary/aromatic N) is 2. The predicted molar refractivity (Wildman–Crippen MR) is 75.1 cm³/mol. The van der Waals surface area contributed by atoms with E-state index in [4.69, 9.17) is 4.74 Å². The monoisotopic (exact) mass is 378 g/mol. The molecule has 0 fully saturated rings. The first kappa shape index (κ1) is 18.2. The lowest BCUT2D eigenvalue weighted by Gasteiger charge is -2.26. The van der Waals surface area contributed by atoms with Crippen LogP contribution in [0, 0.1) is 0 Å². The quantitative estimate of drug-likeness (QED) is 0.525. The van der Waals surface area contributed by atoms with Crippen LogP contribution in [0.1, 0.15) is 12.5 Å². The Morgan fingerprint density at radius 1 is 1.26 bits per heavy atom. The van der Waals surface area contributed by atoms with Gasteiger partial charge in [-0.05, 0) is 18.1 Å². The summed E-state index contributed by atoms with van der Waals surface area (Å²) < 4.78 is 6.02. The maximum Gasteiger partial charge on any atom is 0.414 e. The zero-order valence-electron chi connectivity index (χ0n) is 12.5. The second-order valence-corrected chi connectivity index (χ2v) is 5.43. The van der Waals surface area contributed by atoms with Crippen LogP contribution in [0.15, 0.2) is 18.2 Å². The lowest BCUT2D eigenvalue weighted by atomic mass is 10.1. The van der Waals surface area contributed by atoms with Crippen molar-refractivity contribution in [3.8, 4) is 5.75 Å². The largest absolute Gasteiger partial charge is 1.00 e. The Morgan fingerprint density at radius 2 is 1.84 bits per heavy atom. The molecule has 0 aliphatic rings. The van der Waals surface area contributed by atoms with Gasteiger partial charge in [-0.1, -0.05) is 13.0 Å². The van der Waals surface area contributed by atoms with E-state index in [2.05, 4.69) is 34.1 Å². The summed E-state index contributed by atoms with van der Waals surface area (Å²) in [4.78, 5) is 13.1. The van der Waals surface area contributed by atoms with Crippen molar-refractivity contribution >= 4 is 11.8 Å². The zero-order chi connectivity index (χ0) is 13.9. The molecule has 4 nitrogen and oxygen atoms in total. The van der Waals surface area contributed by atoms with Gasteiger partial charge in [0.05, 0.1) is 21.1 Å². The Hall–Kier alpha value is -0.820. The van der Waals surface area contributed by atoms with Crippen molar-refractivity contribution in [2.75, 3.05) is 35.2 Å². The Labute approximate surface area is 132 Å². The molecule has 0 atom stereocenters. The minimum Gasteiger partial charge on any atom is -1.00 e. The fourth-order valence-corrected chi connectivity index (χ4v) is 1.58. The standard InChI is InChI=1S/C14H23N2O2.HI/c1-7-11-8-9-13(18-14(17)15(2)3)12(10-11)16(4,5)6;/h8-10H,7H2,1-6H3;1H/q+1;/p-1. The summed E-state index contributed by atoms with van der Waals surface area (Å²) in [6, 6.07) is 5.97. The van der Waals surface area contributed by atoms with E-state index in [-0.39, 0.29) is 30.1 Å². The number of hydrogen-bond acceptors (Lipinski definition) is 2. The van der Waals surface area contributed by atoms with Crippen LogP contribution in [0.2, 0.25) is 0 Å². The first-order valence-electron chi connectivity index (χ1n) is 6.09. The molecule has 1 amide bonds. The number of rotatable bonds is 3. The molecule has 0 saturated carbocycles. The molecule has 0 aliphatic heterocycles. The van der Waals surface area contributed by atoms with Gasteiger partial charge >= 0.3 is 6.09 Å². The number of benzene rings is 1. The van der Waals surface area contributed by atoms with Gasteiger partial charge in [-0.25, -0.2) is 4.79 Å². The summed E-state index contributed by atoms with van der Waals surface area (Å²) in [5.41, 5.74) is 2.24. The number of quaternary nitrogens is 1. The minimum absolute atomic E-state index is 0. The molecule has 0 radical (unpaired) electrons. The van der Waals surface area contributed by atoms with Crippen molar-refractivity contribution in [2.24, 2.45) is 0 Å². The topological polar surface area (TPSA) is 29.5 Å². The van der Waals surface area contributed by atoms with Crippen molar-refractivity contribution in [1.82, 2.24) is 9.38 Å². The third-order valence-electron chi connectivity index (χ3n) is 2.72. The third-order valence-corrected chi connectivity index (χ3v) is 2.72. The van der Waals surface area contributed by atoms with Crippen LogP contribution in [0.25, 0.3) is 0 Å². The lowest BCUT2D eigenvalue weighted by molar-refractivity contribution is -0.00000927. The van der Waals surface area contributed by atoms with Crippen molar-refractivity contribution in [2.45, 2.75) is 13.3 Å². The third kappa shape index (κ3) is 4.99. The molecule has 5 heteroatoms. The fraction of sp³-hybridized carbons (Fsp3) is 0.500. The average molecular weight is 378 g/mol. The van der Waals surface area contributed by atoms with Crippen LogP contribution in [0.5, 0.6) is 5.75 Å². The Kier molecular flexibility index (Phi) is 6.79. The summed E-state index contributed by atoms with van der Waals surface area (Å²) in [5, 5.41) is 0. The summed E-state index contributed by atoms with van der Waals surface area (Å²) in [5.74, 6) is 0.624. The summed E-state index contributed by atoms with van der Waals surface area (Å²) in [6.45, 7) is 2.11. The lowest BCUT2D eigenvalue weighted by Crippen LogP contribution is -3.00. The highest BCUT2D eigenvalue weighted by atomic mass is 127. The molecule has 0 spiro atoms. The molecule has 0 N–H and O–H groups in total. The van der Waals surface area contributed by atoms with Crippen LogP contribution in [0.4, 0.5) is 10.5 Å². The number of amides is 1. The minimum atomic E-state index is -0.353. The molecule has 1 rings (SSSR count). The average Bonchev–Trinajstić information content (AvgIpc) is 2.27. The second-order valence-electron chi connectivity index (χ2n) is 5.43. The highest BCUT2D eigenvalue weighted by molar-refractivity contribution is 5.73. The Bertz CT molecular complexity index is 440. The van der Waals surface area contributed by atoms with E-state index < -0.39 is 0 Å².